The molecule has 0 fully saturated rings. The maximum absolute atomic E-state index is 13.4. The van der Waals surface area contributed by atoms with Gasteiger partial charge in [-0.2, -0.15) is 13.2 Å². The van der Waals surface area contributed by atoms with Gasteiger partial charge in [-0.1, -0.05) is 30.3 Å². The summed E-state index contributed by atoms with van der Waals surface area (Å²) in [6.07, 6.45) is -5.32. The van der Waals surface area contributed by atoms with Crippen LogP contribution in [-0.4, -0.2) is 27.7 Å². The minimum atomic E-state index is -4.63. The molecule has 3 N–H and O–H groups in total. The molecular formula is C21H20F3N5O2. The average Bonchev–Trinajstić information content (AvgIpc) is 2.71. The van der Waals surface area contributed by atoms with Crippen molar-refractivity contribution >= 4 is 12.0 Å². The number of amides is 1. The van der Waals surface area contributed by atoms with Gasteiger partial charge in [-0.05, 0) is 31.5 Å². The SMILES string of the molecule is CCOC(=O)NCc1nc(N)nc(-c2ccccc2)c1-c1cc(C)nc(C(F)(F)F)c1. The molecule has 0 saturated carbocycles. The maximum Gasteiger partial charge on any atom is 0.433 e. The predicted molar refractivity (Wildman–Crippen MR) is 109 cm³/mol. The molecule has 0 radical (unpaired) electrons. The van der Waals surface area contributed by atoms with Gasteiger partial charge in [0.1, 0.15) is 5.69 Å². The number of nitrogen functional groups attached to an aromatic ring is 1. The van der Waals surface area contributed by atoms with Crippen LogP contribution in [-0.2, 0) is 17.5 Å². The van der Waals surface area contributed by atoms with Crippen molar-refractivity contribution in [1.82, 2.24) is 20.3 Å². The largest absolute Gasteiger partial charge is 0.450 e. The topological polar surface area (TPSA) is 103 Å². The summed E-state index contributed by atoms with van der Waals surface area (Å²) < 4.78 is 45.1. The Labute approximate surface area is 176 Å². The highest BCUT2D eigenvalue weighted by atomic mass is 19.4. The van der Waals surface area contributed by atoms with Crippen LogP contribution in [0.4, 0.5) is 23.9 Å². The number of nitrogens with two attached hydrogens (primary N) is 1. The van der Waals surface area contributed by atoms with Crippen LogP contribution in [0.3, 0.4) is 0 Å². The molecular weight excluding hydrogens is 411 g/mol. The first kappa shape index (κ1) is 22.0. The van der Waals surface area contributed by atoms with E-state index in [1.54, 1.807) is 37.3 Å². The molecule has 2 aromatic heterocycles. The van der Waals surface area contributed by atoms with Gasteiger partial charge in [0.25, 0.3) is 0 Å². The van der Waals surface area contributed by atoms with Crippen molar-refractivity contribution in [3.8, 4) is 22.4 Å². The summed E-state index contributed by atoms with van der Waals surface area (Å²) in [6.45, 7) is 3.16. The highest BCUT2D eigenvalue weighted by Gasteiger charge is 2.33. The van der Waals surface area contributed by atoms with Gasteiger partial charge in [0.15, 0.2) is 0 Å². The van der Waals surface area contributed by atoms with E-state index in [0.29, 0.717) is 16.8 Å². The highest BCUT2D eigenvalue weighted by molar-refractivity contribution is 5.83. The third-order valence-electron chi connectivity index (χ3n) is 4.26. The zero-order valence-electron chi connectivity index (χ0n) is 16.8. The summed E-state index contributed by atoms with van der Waals surface area (Å²) in [4.78, 5) is 23.8. The number of aromatic nitrogens is 3. The molecule has 0 spiro atoms. The van der Waals surface area contributed by atoms with Crippen LogP contribution in [0.5, 0.6) is 0 Å². The van der Waals surface area contributed by atoms with Crippen molar-refractivity contribution < 1.29 is 22.7 Å². The lowest BCUT2D eigenvalue weighted by molar-refractivity contribution is -0.141. The molecule has 0 bridgehead atoms. The van der Waals surface area contributed by atoms with Gasteiger partial charge >= 0.3 is 12.3 Å². The predicted octanol–water partition coefficient (Wildman–Crippen LogP) is 4.36. The van der Waals surface area contributed by atoms with Gasteiger partial charge in [-0.15, -0.1) is 0 Å². The molecule has 0 aliphatic rings. The summed E-state index contributed by atoms with van der Waals surface area (Å²) in [5.41, 5.74) is 6.75. The van der Waals surface area contributed by atoms with Crippen molar-refractivity contribution in [2.45, 2.75) is 26.6 Å². The normalized spacial score (nSPS) is 11.3. The number of pyridine rings is 1. The Morgan fingerprint density at radius 2 is 1.81 bits per heavy atom. The number of nitrogens with one attached hydrogen (secondary N) is 1. The Hall–Kier alpha value is -3.69. The number of alkyl halides is 3. The van der Waals surface area contributed by atoms with E-state index in [2.05, 4.69) is 20.3 Å². The molecule has 3 aromatic rings. The number of rotatable bonds is 5. The summed E-state index contributed by atoms with van der Waals surface area (Å²) in [6, 6.07) is 11.3. The molecule has 0 saturated heterocycles. The first-order valence-corrected chi connectivity index (χ1v) is 9.37. The number of nitrogens with zero attached hydrogens (tertiary/aromatic N) is 3. The van der Waals surface area contributed by atoms with Crippen LogP contribution in [0.15, 0.2) is 42.5 Å². The smallest absolute Gasteiger partial charge is 0.433 e. The third kappa shape index (κ3) is 5.27. The summed E-state index contributed by atoms with van der Waals surface area (Å²) >= 11 is 0. The van der Waals surface area contributed by atoms with Crippen molar-refractivity contribution in [3.63, 3.8) is 0 Å². The van der Waals surface area contributed by atoms with E-state index in [9.17, 15) is 18.0 Å². The fraction of sp³-hybridized carbons (Fsp3) is 0.238. The Bertz CT molecular complexity index is 1090. The number of aryl methyl sites for hydroxylation is 1. The first-order chi connectivity index (χ1) is 14.7. The number of ether oxygens (including phenoxy) is 1. The first-order valence-electron chi connectivity index (χ1n) is 9.37. The van der Waals surface area contributed by atoms with E-state index >= 15 is 0 Å². The highest BCUT2D eigenvalue weighted by Crippen LogP contribution is 2.37. The van der Waals surface area contributed by atoms with Crippen LogP contribution < -0.4 is 11.1 Å². The van der Waals surface area contributed by atoms with Crippen molar-refractivity contribution in [2.24, 2.45) is 0 Å². The third-order valence-corrected chi connectivity index (χ3v) is 4.26. The van der Waals surface area contributed by atoms with Gasteiger partial charge in [0.05, 0.1) is 24.5 Å². The zero-order valence-corrected chi connectivity index (χ0v) is 16.8. The minimum absolute atomic E-state index is 0.0786. The van der Waals surface area contributed by atoms with Gasteiger partial charge < -0.3 is 15.8 Å². The monoisotopic (exact) mass is 431 g/mol. The Morgan fingerprint density at radius 3 is 2.45 bits per heavy atom. The number of alkyl carbamates (subject to hydrolysis) is 1. The second kappa shape index (κ2) is 8.99. The lowest BCUT2D eigenvalue weighted by Crippen LogP contribution is -2.25. The van der Waals surface area contributed by atoms with Gasteiger partial charge in [-0.3, -0.25) is 0 Å². The van der Waals surface area contributed by atoms with E-state index < -0.39 is 18.0 Å². The zero-order chi connectivity index (χ0) is 22.6. The number of hydrogen-bond acceptors (Lipinski definition) is 6. The van der Waals surface area contributed by atoms with Crippen LogP contribution in [0, 0.1) is 6.92 Å². The second-order valence-corrected chi connectivity index (χ2v) is 6.57. The number of benzene rings is 1. The van der Waals surface area contributed by atoms with Gasteiger partial charge in [0.2, 0.25) is 5.95 Å². The Balaban J connectivity index is 2.23. The standard InChI is InChI=1S/C21H20F3N5O2/c1-3-31-20(30)26-11-15-17(14-9-12(2)27-16(10-14)21(22,23)24)18(29-19(25)28-15)13-7-5-4-6-8-13/h4-10H,3,11H2,1-2H3,(H,26,30)(H2,25,28,29). The fourth-order valence-corrected chi connectivity index (χ4v) is 3.06. The molecule has 162 valence electrons. The summed E-state index contributed by atoms with van der Waals surface area (Å²) in [7, 11) is 0. The number of hydrogen-bond donors (Lipinski definition) is 2. The van der Waals surface area contributed by atoms with E-state index in [4.69, 9.17) is 10.5 Å². The van der Waals surface area contributed by atoms with Crippen LogP contribution in [0.2, 0.25) is 0 Å². The molecule has 31 heavy (non-hydrogen) atoms. The number of carbonyl (C=O) groups is 1. The van der Waals surface area contributed by atoms with E-state index in [0.717, 1.165) is 6.07 Å². The maximum atomic E-state index is 13.4. The van der Waals surface area contributed by atoms with Crippen molar-refractivity contribution in [3.05, 3.63) is 59.5 Å². The van der Waals surface area contributed by atoms with Crippen LogP contribution in [0.1, 0.15) is 24.0 Å². The molecule has 2 heterocycles. The summed E-state index contributed by atoms with van der Waals surface area (Å²) in [5.74, 6) is -0.0786. The Kier molecular flexibility index (Phi) is 6.38. The second-order valence-electron chi connectivity index (χ2n) is 6.57. The number of anilines is 1. The minimum Gasteiger partial charge on any atom is -0.450 e. The number of halogens is 3. The van der Waals surface area contributed by atoms with E-state index in [-0.39, 0.29) is 36.1 Å². The molecule has 0 aliphatic carbocycles. The number of carbonyl (C=O) groups excluding carboxylic acids is 1. The van der Waals surface area contributed by atoms with Crippen molar-refractivity contribution in [1.29, 1.82) is 0 Å². The van der Waals surface area contributed by atoms with Crippen LogP contribution >= 0.6 is 0 Å². The lowest BCUT2D eigenvalue weighted by atomic mass is 9.96. The molecule has 0 unspecified atom stereocenters. The molecule has 7 nitrogen and oxygen atoms in total. The lowest BCUT2D eigenvalue weighted by Gasteiger charge is -2.17. The molecule has 0 atom stereocenters. The van der Waals surface area contributed by atoms with Crippen molar-refractivity contribution in [2.75, 3.05) is 12.3 Å². The average molecular weight is 431 g/mol. The molecule has 1 amide bonds. The van der Waals surface area contributed by atoms with Gasteiger partial charge in [0, 0.05) is 16.8 Å². The molecule has 10 heteroatoms. The molecule has 3 rings (SSSR count). The van der Waals surface area contributed by atoms with E-state index in [1.807, 2.05) is 0 Å². The fourth-order valence-electron chi connectivity index (χ4n) is 3.06. The van der Waals surface area contributed by atoms with Gasteiger partial charge in [-0.25, -0.2) is 19.7 Å². The molecule has 0 aliphatic heterocycles. The quantitative estimate of drug-likeness (QED) is 0.622. The Morgan fingerprint density at radius 1 is 1.10 bits per heavy atom. The molecule has 1 aromatic carbocycles. The van der Waals surface area contributed by atoms with Crippen LogP contribution in [0.25, 0.3) is 22.4 Å². The summed E-state index contributed by atoms with van der Waals surface area (Å²) in [5, 5.41) is 2.53. The van der Waals surface area contributed by atoms with E-state index in [1.165, 1.54) is 13.0 Å².